The number of thioether (sulfide) groups is 1. The normalized spacial score (nSPS) is 15.2. The van der Waals surface area contributed by atoms with Gasteiger partial charge in [0.25, 0.3) is 15.9 Å². The summed E-state index contributed by atoms with van der Waals surface area (Å²) in [6.07, 6.45) is 0.784. The van der Waals surface area contributed by atoms with Gasteiger partial charge < -0.3 is 10.2 Å². The largest absolute Gasteiger partial charge is 0.326 e. The number of carbonyl (C=O) groups excluding carboxylic acids is 2. The molecule has 0 saturated carbocycles. The molecule has 1 heterocycles. The van der Waals surface area contributed by atoms with E-state index in [4.69, 9.17) is 0 Å². The van der Waals surface area contributed by atoms with E-state index in [2.05, 4.69) is 22.2 Å². The van der Waals surface area contributed by atoms with Crippen molar-refractivity contribution in [1.82, 2.24) is 4.90 Å². The van der Waals surface area contributed by atoms with E-state index >= 15 is 0 Å². The Kier molecular flexibility index (Phi) is 8.23. The van der Waals surface area contributed by atoms with Crippen molar-refractivity contribution in [3.8, 4) is 0 Å². The van der Waals surface area contributed by atoms with Gasteiger partial charge in [-0.3, -0.25) is 14.3 Å². The van der Waals surface area contributed by atoms with Crippen molar-refractivity contribution in [3.63, 3.8) is 0 Å². The topological polar surface area (TPSA) is 95.6 Å². The number of nitrogens with zero attached hydrogens (tertiary/aromatic N) is 1. The number of sulfonamides is 1. The van der Waals surface area contributed by atoms with E-state index in [9.17, 15) is 18.0 Å². The van der Waals surface area contributed by atoms with Gasteiger partial charge in [-0.05, 0) is 72.5 Å². The highest BCUT2D eigenvalue weighted by Gasteiger charge is 2.32. The molecule has 0 radical (unpaired) electrons. The van der Waals surface area contributed by atoms with Crippen molar-refractivity contribution in [2.45, 2.75) is 23.6 Å². The molecular weight excluding hydrogens is 542 g/mol. The van der Waals surface area contributed by atoms with Crippen molar-refractivity contribution in [3.05, 3.63) is 125 Å². The molecule has 1 aliphatic heterocycles. The van der Waals surface area contributed by atoms with E-state index < -0.39 is 10.0 Å². The number of hydrogen-bond acceptors (Lipinski definition) is 5. The molecule has 1 aliphatic rings. The summed E-state index contributed by atoms with van der Waals surface area (Å²) >= 11 is 1.59. The first-order valence-electron chi connectivity index (χ1n) is 12.8. The third kappa shape index (κ3) is 6.38. The number of amides is 2. The van der Waals surface area contributed by atoms with Crippen LogP contribution < -0.4 is 10.0 Å². The summed E-state index contributed by atoms with van der Waals surface area (Å²) in [7, 11) is -3.77. The van der Waals surface area contributed by atoms with E-state index in [1.807, 2.05) is 54.3 Å². The summed E-state index contributed by atoms with van der Waals surface area (Å²) in [6.45, 7) is 2.46. The minimum absolute atomic E-state index is 0.0869. The van der Waals surface area contributed by atoms with Crippen molar-refractivity contribution >= 4 is 45.0 Å². The lowest BCUT2D eigenvalue weighted by atomic mass is 10.1. The van der Waals surface area contributed by atoms with Crippen LogP contribution in [0, 0.1) is 6.92 Å². The lowest BCUT2D eigenvalue weighted by molar-refractivity contribution is -0.128. The number of rotatable bonds is 9. The zero-order chi connectivity index (χ0) is 28.1. The Morgan fingerprint density at radius 2 is 1.57 bits per heavy atom. The van der Waals surface area contributed by atoms with Crippen LogP contribution in [0.25, 0.3) is 0 Å². The van der Waals surface area contributed by atoms with E-state index in [0.29, 0.717) is 29.2 Å². The highest BCUT2D eigenvalue weighted by Crippen LogP contribution is 2.38. The van der Waals surface area contributed by atoms with E-state index in [-0.39, 0.29) is 22.1 Å². The van der Waals surface area contributed by atoms with Gasteiger partial charge in [-0.1, -0.05) is 60.7 Å². The van der Waals surface area contributed by atoms with E-state index in [1.165, 1.54) is 17.7 Å². The maximum atomic E-state index is 12.9. The van der Waals surface area contributed by atoms with Gasteiger partial charge in [-0.15, -0.1) is 11.8 Å². The molecule has 1 saturated heterocycles. The quantitative estimate of drug-likeness (QED) is 0.262. The lowest BCUT2D eigenvalue weighted by Gasteiger charge is -2.24. The van der Waals surface area contributed by atoms with E-state index in [0.717, 1.165) is 17.5 Å². The maximum absolute atomic E-state index is 12.9. The molecule has 204 valence electrons. The highest BCUT2D eigenvalue weighted by molar-refractivity contribution is 8.00. The average molecular weight is 572 g/mol. The van der Waals surface area contributed by atoms with Crippen LogP contribution in [-0.2, 0) is 21.2 Å². The Bertz CT molecular complexity index is 1610. The maximum Gasteiger partial charge on any atom is 0.261 e. The molecule has 0 aliphatic carbocycles. The fraction of sp³-hybridized carbons (Fsp3) is 0.161. The van der Waals surface area contributed by atoms with Crippen LogP contribution in [0.15, 0.2) is 108 Å². The number of benzene rings is 4. The molecular formula is C31H29N3O4S2. The van der Waals surface area contributed by atoms with Crippen LogP contribution in [-0.4, -0.2) is 37.4 Å². The first-order valence-corrected chi connectivity index (χ1v) is 15.4. The summed E-state index contributed by atoms with van der Waals surface area (Å²) in [5.41, 5.74) is 4.43. The summed E-state index contributed by atoms with van der Waals surface area (Å²) < 4.78 is 28.2. The number of anilines is 2. The van der Waals surface area contributed by atoms with Gasteiger partial charge in [-0.2, -0.15) is 0 Å². The second kappa shape index (κ2) is 12.0. The summed E-state index contributed by atoms with van der Waals surface area (Å²) in [5.74, 6) is 0.247. The Morgan fingerprint density at radius 1 is 0.900 bits per heavy atom. The summed E-state index contributed by atoms with van der Waals surface area (Å²) in [5, 5.41) is 2.73. The van der Waals surface area contributed by atoms with Crippen LogP contribution in [0.5, 0.6) is 0 Å². The predicted molar refractivity (Wildman–Crippen MR) is 160 cm³/mol. The minimum Gasteiger partial charge on any atom is -0.326 e. The molecule has 40 heavy (non-hydrogen) atoms. The van der Waals surface area contributed by atoms with E-state index in [1.54, 1.807) is 48.2 Å². The third-order valence-electron chi connectivity index (χ3n) is 6.72. The minimum atomic E-state index is -3.77. The van der Waals surface area contributed by atoms with Gasteiger partial charge in [0.2, 0.25) is 5.91 Å². The standard InChI is InChI=1S/C31H29N3O4S2/c1-22-7-5-6-10-28(22)33-40(37,38)27-17-15-26(16-18-27)32-30(36)24-11-13-25(14-12-24)31-34(29(35)21-39-31)20-19-23-8-3-2-4-9-23/h2-18,31,33H,19-21H2,1H3,(H,32,36)/t31-/m1/s1. The van der Waals surface area contributed by atoms with Crippen molar-refractivity contribution in [2.24, 2.45) is 0 Å². The second-order valence-corrected chi connectivity index (χ2v) is 12.3. The van der Waals surface area contributed by atoms with Crippen molar-refractivity contribution < 1.29 is 18.0 Å². The van der Waals surface area contributed by atoms with Gasteiger partial charge >= 0.3 is 0 Å². The van der Waals surface area contributed by atoms with Crippen LogP contribution in [0.4, 0.5) is 11.4 Å². The van der Waals surface area contributed by atoms with Crippen LogP contribution in [0.3, 0.4) is 0 Å². The number of nitrogens with one attached hydrogen (secondary N) is 2. The zero-order valence-corrected chi connectivity index (χ0v) is 23.5. The fourth-order valence-electron chi connectivity index (χ4n) is 4.48. The molecule has 4 aromatic carbocycles. The molecule has 4 aromatic rings. The van der Waals surface area contributed by atoms with Crippen molar-refractivity contribution in [1.29, 1.82) is 0 Å². The second-order valence-electron chi connectivity index (χ2n) is 9.51. The Morgan fingerprint density at radius 3 is 2.27 bits per heavy atom. The van der Waals surface area contributed by atoms with Crippen molar-refractivity contribution in [2.75, 3.05) is 22.3 Å². The molecule has 2 N–H and O–H groups in total. The van der Waals surface area contributed by atoms with Gasteiger partial charge in [0, 0.05) is 17.8 Å². The Hall–Kier alpha value is -4.08. The Balaban J connectivity index is 1.21. The number of aryl methyl sites for hydroxylation is 1. The zero-order valence-electron chi connectivity index (χ0n) is 21.9. The SMILES string of the molecule is Cc1ccccc1NS(=O)(=O)c1ccc(NC(=O)c2ccc([C@H]3SCC(=O)N3CCc3ccccc3)cc2)cc1. The molecule has 0 unspecified atom stereocenters. The lowest BCUT2D eigenvalue weighted by Crippen LogP contribution is -2.30. The smallest absolute Gasteiger partial charge is 0.261 e. The first kappa shape index (κ1) is 27.5. The molecule has 9 heteroatoms. The van der Waals surface area contributed by atoms with Gasteiger partial charge in [0.1, 0.15) is 5.37 Å². The Labute approximate surface area is 238 Å². The molecule has 0 spiro atoms. The number of para-hydroxylation sites is 1. The molecule has 0 bridgehead atoms. The average Bonchev–Trinajstić information content (AvgIpc) is 3.34. The monoisotopic (exact) mass is 571 g/mol. The molecule has 0 aromatic heterocycles. The summed E-state index contributed by atoms with van der Waals surface area (Å²) in [4.78, 5) is 27.4. The van der Waals surface area contributed by atoms with Gasteiger partial charge in [-0.25, -0.2) is 8.42 Å². The molecule has 2 amide bonds. The predicted octanol–water partition coefficient (Wildman–Crippen LogP) is 5.86. The first-order chi connectivity index (χ1) is 19.3. The molecule has 7 nitrogen and oxygen atoms in total. The number of carbonyl (C=O) groups is 2. The van der Waals surface area contributed by atoms with Crippen LogP contribution in [0.2, 0.25) is 0 Å². The summed E-state index contributed by atoms with van der Waals surface area (Å²) in [6, 6.07) is 30.5. The fourth-order valence-corrected chi connectivity index (χ4v) is 6.83. The van der Waals surface area contributed by atoms with Gasteiger partial charge in [0.15, 0.2) is 0 Å². The van der Waals surface area contributed by atoms with Crippen LogP contribution >= 0.6 is 11.8 Å². The third-order valence-corrected chi connectivity index (χ3v) is 9.36. The number of hydrogen-bond donors (Lipinski definition) is 2. The molecule has 1 fully saturated rings. The molecule has 5 rings (SSSR count). The molecule has 1 atom stereocenters. The highest BCUT2D eigenvalue weighted by atomic mass is 32.2. The van der Waals surface area contributed by atoms with Crippen LogP contribution in [0.1, 0.15) is 32.4 Å². The van der Waals surface area contributed by atoms with Gasteiger partial charge in [0.05, 0.1) is 16.3 Å².